The summed E-state index contributed by atoms with van der Waals surface area (Å²) in [4.78, 5) is 11.3. The summed E-state index contributed by atoms with van der Waals surface area (Å²) in [5.74, 6) is 2.52. The number of aromatic nitrogens is 2. The van der Waals surface area contributed by atoms with Crippen LogP contribution in [0.3, 0.4) is 0 Å². The number of morpholine rings is 1. The predicted molar refractivity (Wildman–Crippen MR) is 79.2 cm³/mol. The van der Waals surface area contributed by atoms with Crippen LogP contribution in [0.5, 0.6) is 0 Å². The Bertz CT molecular complexity index is 428. The molecule has 0 aromatic carbocycles. The van der Waals surface area contributed by atoms with Crippen LogP contribution in [0.15, 0.2) is 6.07 Å². The zero-order chi connectivity index (χ0) is 14.4. The quantitative estimate of drug-likeness (QED) is 0.855. The summed E-state index contributed by atoms with van der Waals surface area (Å²) in [5.41, 5.74) is 0. The first-order valence-corrected chi connectivity index (χ1v) is 7.19. The first-order valence-electron chi connectivity index (χ1n) is 7.19. The van der Waals surface area contributed by atoms with E-state index < -0.39 is 0 Å². The van der Waals surface area contributed by atoms with Gasteiger partial charge in [0.25, 0.3) is 0 Å². The Morgan fingerprint density at radius 2 is 2.35 bits per heavy atom. The van der Waals surface area contributed by atoms with Gasteiger partial charge in [0.2, 0.25) is 0 Å². The lowest BCUT2D eigenvalue weighted by Gasteiger charge is -2.34. The molecule has 6 heteroatoms. The Morgan fingerprint density at radius 3 is 3.05 bits per heavy atom. The Balaban J connectivity index is 2.22. The fourth-order valence-corrected chi connectivity index (χ4v) is 2.24. The maximum atomic E-state index is 5.48. The zero-order valence-electron chi connectivity index (χ0n) is 12.6. The summed E-state index contributed by atoms with van der Waals surface area (Å²) in [6.45, 7) is 7.95. The average molecular weight is 280 g/mol. The van der Waals surface area contributed by atoms with E-state index in [-0.39, 0.29) is 0 Å². The molecule has 0 bridgehead atoms. The van der Waals surface area contributed by atoms with E-state index in [0.717, 1.165) is 44.4 Å². The molecule has 2 heterocycles. The van der Waals surface area contributed by atoms with Gasteiger partial charge in [-0.25, -0.2) is 9.97 Å². The summed E-state index contributed by atoms with van der Waals surface area (Å²) in [6.07, 6.45) is 1.06. The number of hydrogen-bond acceptors (Lipinski definition) is 6. The van der Waals surface area contributed by atoms with Crippen molar-refractivity contribution in [2.45, 2.75) is 32.9 Å². The van der Waals surface area contributed by atoms with E-state index in [0.29, 0.717) is 18.5 Å². The van der Waals surface area contributed by atoms with Gasteiger partial charge in [-0.1, -0.05) is 6.92 Å². The minimum absolute atomic E-state index is 0.327. The third-order valence-corrected chi connectivity index (χ3v) is 3.25. The summed E-state index contributed by atoms with van der Waals surface area (Å²) in [5, 5.41) is 3.32. The molecule has 0 saturated carbocycles. The number of ether oxygens (including phenoxy) is 2. The highest BCUT2D eigenvalue weighted by Gasteiger charge is 2.21. The number of nitrogens with one attached hydrogen (secondary N) is 1. The van der Waals surface area contributed by atoms with Crippen LogP contribution in [-0.2, 0) is 16.1 Å². The highest BCUT2D eigenvalue weighted by Crippen LogP contribution is 2.20. The molecular formula is C14H24N4O2. The summed E-state index contributed by atoms with van der Waals surface area (Å²) in [7, 11) is 1.66. The third kappa shape index (κ3) is 3.80. The number of nitrogens with zero attached hydrogens (tertiary/aromatic N) is 3. The fraction of sp³-hybridized carbons (Fsp3) is 0.714. The second-order valence-corrected chi connectivity index (χ2v) is 5.00. The van der Waals surface area contributed by atoms with E-state index in [4.69, 9.17) is 9.47 Å². The molecule has 0 radical (unpaired) electrons. The van der Waals surface area contributed by atoms with Crippen molar-refractivity contribution in [2.75, 3.05) is 43.6 Å². The Labute approximate surface area is 120 Å². The molecule has 1 unspecified atom stereocenters. The van der Waals surface area contributed by atoms with Crippen molar-refractivity contribution in [1.29, 1.82) is 0 Å². The molecule has 1 aliphatic rings. The molecule has 20 heavy (non-hydrogen) atoms. The van der Waals surface area contributed by atoms with Crippen molar-refractivity contribution < 1.29 is 9.47 Å². The van der Waals surface area contributed by atoms with E-state index in [2.05, 4.69) is 34.0 Å². The van der Waals surface area contributed by atoms with Crippen molar-refractivity contribution in [3.63, 3.8) is 0 Å². The molecule has 1 N–H and O–H groups in total. The Morgan fingerprint density at radius 1 is 1.50 bits per heavy atom. The lowest BCUT2D eigenvalue weighted by molar-refractivity contribution is 0.0984. The number of anilines is 2. The third-order valence-electron chi connectivity index (χ3n) is 3.25. The normalized spacial score (nSPS) is 19.1. The van der Waals surface area contributed by atoms with Crippen molar-refractivity contribution in [2.24, 2.45) is 0 Å². The van der Waals surface area contributed by atoms with Crippen molar-refractivity contribution in [3.8, 4) is 0 Å². The lowest BCUT2D eigenvalue weighted by Crippen LogP contribution is -2.44. The molecule has 0 amide bonds. The van der Waals surface area contributed by atoms with Gasteiger partial charge in [0, 0.05) is 26.3 Å². The Kier molecular flexibility index (Phi) is 5.55. The van der Waals surface area contributed by atoms with Gasteiger partial charge in [-0.05, 0) is 13.3 Å². The molecule has 1 saturated heterocycles. The molecule has 2 rings (SSSR count). The van der Waals surface area contributed by atoms with Crippen molar-refractivity contribution >= 4 is 11.6 Å². The molecule has 0 aliphatic carbocycles. The van der Waals surface area contributed by atoms with Crippen LogP contribution in [0.1, 0.15) is 26.1 Å². The molecular weight excluding hydrogens is 256 g/mol. The first-order chi connectivity index (χ1) is 9.74. The van der Waals surface area contributed by atoms with Gasteiger partial charge in [-0.15, -0.1) is 0 Å². The minimum atomic E-state index is 0.327. The lowest BCUT2D eigenvalue weighted by atomic mass is 10.2. The molecule has 1 aromatic rings. The molecule has 0 spiro atoms. The largest absolute Gasteiger partial charge is 0.377 e. The average Bonchev–Trinajstić information content (AvgIpc) is 2.46. The molecule has 1 fully saturated rings. The van der Waals surface area contributed by atoms with E-state index in [1.165, 1.54) is 0 Å². The van der Waals surface area contributed by atoms with Crippen LogP contribution in [0, 0.1) is 0 Å². The van der Waals surface area contributed by atoms with Crippen LogP contribution in [0.4, 0.5) is 11.6 Å². The maximum Gasteiger partial charge on any atom is 0.158 e. The number of methoxy groups -OCH3 is 1. The van der Waals surface area contributed by atoms with E-state index >= 15 is 0 Å². The smallest absolute Gasteiger partial charge is 0.158 e. The number of rotatable bonds is 6. The van der Waals surface area contributed by atoms with Crippen LogP contribution in [-0.4, -0.2) is 49.4 Å². The second kappa shape index (κ2) is 7.40. The minimum Gasteiger partial charge on any atom is -0.377 e. The van der Waals surface area contributed by atoms with Gasteiger partial charge in [-0.3, -0.25) is 0 Å². The molecule has 1 aliphatic heterocycles. The van der Waals surface area contributed by atoms with Crippen LogP contribution in [0.2, 0.25) is 0 Å². The van der Waals surface area contributed by atoms with Gasteiger partial charge < -0.3 is 19.7 Å². The summed E-state index contributed by atoms with van der Waals surface area (Å²) < 4.78 is 10.6. The maximum absolute atomic E-state index is 5.48. The van der Waals surface area contributed by atoms with Gasteiger partial charge in [0.1, 0.15) is 18.2 Å². The fourth-order valence-electron chi connectivity index (χ4n) is 2.24. The summed E-state index contributed by atoms with van der Waals surface area (Å²) >= 11 is 0. The highest BCUT2D eigenvalue weighted by atomic mass is 16.5. The molecule has 6 nitrogen and oxygen atoms in total. The van der Waals surface area contributed by atoms with Gasteiger partial charge in [0.15, 0.2) is 5.82 Å². The summed E-state index contributed by atoms with van der Waals surface area (Å²) in [6, 6.07) is 2.34. The van der Waals surface area contributed by atoms with E-state index in [1.54, 1.807) is 7.11 Å². The van der Waals surface area contributed by atoms with Crippen molar-refractivity contribution in [3.05, 3.63) is 11.9 Å². The van der Waals surface area contributed by atoms with E-state index in [1.807, 2.05) is 6.07 Å². The Hall–Kier alpha value is -1.40. The molecule has 112 valence electrons. The zero-order valence-corrected chi connectivity index (χ0v) is 12.6. The molecule has 1 aromatic heterocycles. The van der Waals surface area contributed by atoms with Crippen LogP contribution in [0.25, 0.3) is 0 Å². The first kappa shape index (κ1) is 15.0. The SMILES string of the molecule is CCCNc1cc(N2CCOCC2C)nc(COC)n1. The van der Waals surface area contributed by atoms with Crippen molar-refractivity contribution in [1.82, 2.24) is 9.97 Å². The van der Waals surface area contributed by atoms with Gasteiger partial charge in [0.05, 0.1) is 19.3 Å². The standard InChI is InChI=1S/C14H24N4O2/c1-4-5-15-12-8-14(17-13(16-12)10-19-3)18-6-7-20-9-11(18)2/h8,11H,4-7,9-10H2,1-3H3,(H,15,16,17). The second-order valence-electron chi connectivity index (χ2n) is 5.00. The highest BCUT2D eigenvalue weighted by molar-refractivity contribution is 5.50. The van der Waals surface area contributed by atoms with Gasteiger partial charge >= 0.3 is 0 Å². The topological polar surface area (TPSA) is 59.5 Å². The monoisotopic (exact) mass is 280 g/mol. The van der Waals surface area contributed by atoms with Gasteiger partial charge in [-0.2, -0.15) is 0 Å². The van der Waals surface area contributed by atoms with E-state index in [9.17, 15) is 0 Å². The predicted octanol–water partition coefficient (Wildman–Crippen LogP) is 1.67. The number of hydrogen-bond donors (Lipinski definition) is 1. The van der Waals surface area contributed by atoms with Crippen LogP contribution < -0.4 is 10.2 Å². The van der Waals surface area contributed by atoms with Crippen LogP contribution >= 0.6 is 0 Å². The molecule has 1 atom stereocenters.